The first-order valence-electron chi connectivity index (χ1n) is 7.52. The molecule has 0 aliphatic carbocycles. The largest absolute Gasteiger partial charge is 0.444 e. The first-order valence-corrected chi connectivity index (χ1v) is 7.52. The lowest BCUT2D eigenvalue weighted by molar-refractivity contribution is -0.0513. The number of halogens is 2. The first-order chi connectivity index (χ1) is 10.8. The minimum atomic E-state index is -2.91. The molecular weight excluding hydrogens is 306 g/mol. The summed E-state index contributed by atoms with van der Waals surface area (Å²) in [5.74, 6) is 0.0739. The zero-order valence-electron chi connectivity index (χ0n) is 13.5. The summed E-state index contributed by atoms with van der Waals surface area (Å²) in [5, 5.41) is 3.17. The van der Waals surface area contributed by atoms with Gasteiger partial charge < -0.3 is 14.8 Å². The molecule has 0 radical (unpaired) electrons. The van der Waals surface area contributed by atoms with Crippen LogP contribution in [0.5, 0.6) is 5.75 Å². The van der Waals surface area contributed by atoms with E-state index in [9.17, 15) is 13.6 Å². The zero-order valence-corrected chi connectivity index (χ0v) is 13.5. The molecule has 7 heteroatoms. The lowest BCUT2D eigenvalue weighted by Gasteiger charge is -2.37. The maximum atomic E-state index is 12.6. The van der Waals surface area contributed by atoms with Crippen molar-refractivity contribution in [2.75, 3.05) is 19.6 Å². The maximum Gasteiger partial charge on any atom is 0.410 e. The van der Waals surface area contributed by atoms with Crippen molar-refractivity contribution in [3.8, 4) is 5.75 Å². The van der Waals surface area contributed by atoms with Crippen LogP contribution in [-0.4, -0.2) is 42.8 Å². The number of hydrogen-bond acceptors (Lipinski definition) is 4. The summed E-state index contributed by atoms with van der Waals surface area (Å²) in [6.07, 6.45) is -0.462. The Kier molecular flexibility index (Phi) is 5.41. The SMILES string of the molecule is CC(C)(C)OC(=O)N1CCNCC1c1ccccc1OC(F)F. The Morgan fingerprint density at radius 1 is 1.35 bits per heavy atom. The standard InChI is InChI=1S/C16H22F2N2O3/c1-16(2,3)23-15(21)20-9-8-19-10-12(20)11-6-4-5-7-13(11)22-14(17)18/h4-7,12,14,19H,8-10H2,1-3H3. The Hall–Kier alpha value is -1.89. The highest BCUT2D eigenvalue weighted by Crippen LogP contribution is 2.32. The van der Waals surface area contributed by atoms with E-state index < -0.39 is 24.3 Å². The monoisotopic (exact) mass is 328 g/mol. The van der Waals surface area contributed by atoms with Crippen molar-refractivity contribution in [1.29, 1.82) is 0 Å². The van der Waals surface area contributed by atoms with Crippen molar-refractivity contribution in [3.05, 3.63) is 29.8 Å². The fourth-order valence-electron chi connectivity index (χ4n) is 2.48. The van der Waals surface area contributed by atoms with Gasteiger partial charge in [0, 0.05) is 25.2 Å². The van der Waals surface area contributed by atoms with Crippen LogP contribution in [-0.2, 0) is 4.74 Å². The fraction of sp³-hybridized carbons (Fsp3) is 0.562. The van der Waals surface area contributed by atoms with E-state index in [0.717, 1.165) is 0 Å². The van der Waals surface area contributed by atoms with E-state index in [1.54, 1.807) is 43.9 Å². The highest BCUT2D eigenvalue weighted by Gasteiger charge is 2.33. The molecule has 1 aliphatic rings. The van der Waals surface area contributed by atoms with Crippen LogP contribution in [0, 0.1) is 0 Å². The second-order valence-electron chi connectivity index (χ2n) is 6.31. The van der Waals surface area contributed by atoms with Gasteiger partial charge >= 0.3 is 12.7 Å². The average molecular weight is 328 g/mol. The number of nitrogens with zero attached hydrogens (tertiary/aromatic N) is 1. The van der Waals surface area contributed by atoms with Crippen molar-refractivity contribution in [1.82, 2.24) is 10.2 Å². The third kappa shape index (κ3) is 4.79. The maximum absolute atomic E-state index is 12.6. The topological polar surface area (TPSA) is 50.8 Å². The lowest BCUT2D eigenvalue weighted by atomic mass is 10.0. The summed E-state index contributed by atoms with van der Waals surface area (Å²) in [5.41, 5.74) is -0.0863. The predicted octanol–water partition coefficient (Wildman–Crippen LogP) is 3.17. The van der Waals surface area contributed by atoms with Crippen LogP contribution in [0.3, 0.4) is 0 Å². The molecule has 2 rings (SSSR count). The molecule has 128 valence electrons. The quantitative estimate of drug-likeness (QED) is 0.926. The van der Waals surface area contributed by atoms with Crippen LogP contribution in [0.2, 0.25) is 0 Å². The number of alkyl halides is 2. The summed E-state index contributed by atoms with van der Waals surface area (Å²) < 4.78 is 35.2. The van der Waals surface area contributed by atoms with Gasteiger partial charge in [0.15, 0.2) is 0 Å². The Balaban J connectivity index is 2.26. The molecule has 1 atom stereocenters. The van der Waals surface area contributed by atoms with E-state index in [1.807, 2.05) is 0 Å². The normalized spacial score (nSPS) is 18.9. The molecule has 0 aromatic heterocycles. The number of nitrogens with one attached hydrogen (secondary N) is 1. The first kappa shape index (κ1) is 17.5. The molecule has 0 spiro atoms. The van der Waals surface area contributed by atoms with Crippen LogP contribution >= 0.6 is 0 Å². The number of rotatable bonds is 3. The van der Waals surface area contributed by atoms with Crippen LogP contribution in [0.15, 0.2) is 24.3 Å². The zero-order chi connectivity index (χ0) is 17.0. The predicted molar refractivity (Wildman–Crippen MR) is 81.6 cm³/mol. The molecule has 1 fully saturated rings. The van der Waals surface area contributed by atoms with Crippen molar-refractivity contribution in [2.24, 2.45) is 0 Å². The Morgan fingerprint density at radius 3 is 2.70 bits per heavy atom. The molecular formula is C16H22F2N2O3. The minimum absolute atomic E-state index is 0.0739. The van der Waals surface area contributed by atoms with Gasteiger partial charge in [0.1, 0.15) is 11.4 Å². The van der Waals surface area contributed by atoms with E-state index in [2.05, 4.69) is 10.1 Å². The molecule has 23 heavy (non-hydrogen) atoms. The summed E-state index contributed by atoms with van der Waals surface area (Å²) in [6.45, 7) is 3.95. The molecule has 1 aromatic carbocycles. The number of benzene rings is 1. The van der Waals surface area contributed by atoms with E-state index >= 15 is 0 Å². The molecule has 5 nitrogen and oxygen atoms in total. The van der Waals surface area contributed by atoms with Crippen LogP contribution in [0.4, 0.5) is 13.6 Å². The van der Waals surface area contributed by atoms with Crippen molar-refractivity contribution >= 4 is 6.09 Å². The van der Waals surface area contributed by atoms with E-state index in [0.29, 0.717) is 25.2 Å². The average Bonchev–Trinajstić information content (AvgIpc) is 2.45. The molecule has 1 saturated heterocycles. The third-order valence-electron chi connectivity index (χ3n) is 3.37. The lowest BCUT2D eigenvalue weighted by Crippen LogP contribution is -2.50. The van der Waals surface area contributed by atoms with Gasteiger partial charge in [0.05, 0.1) is 6.04 Å². The fourth-order valence-corrected chi connectivity index (χ4v) is 2.48. The number of ether oxygens (including phenoxy) is 2. The number of carbonyl (C=O) groups excluding carboxylic acids is 1. The van der Waals surface area contributed by atoms with Crippen LogP contribution in [0.1, 0.15) is 32.4 Å². The second-order valence-corrected chi connectivity index (χ2v) is 6.31. The summed E-state index contributed by atoms with van der Waals surface area (Å²) in [7, 11) is 0. The number of carbonyl (C=O) groups is 1. The number of amides is 1. The molecule has 1 aliphatic heterocycles. The van der Waals surface area contributed by atoms with Gasteiger partial charge in [-0.2, -0.15) is 8.78 Å². The van der Waals surface area contributed by atoms with Gasteiger partial charge in [-0.3, -0.25) is 4.90 Å². The second kappa shape index (κ2) is 7.12. The Labute approximate surface area is 134 Å². The molecule has 0 saturated carbocycles. The van der Waals surface area contributed by atoms with Gasteiger partial charge in [-0.25, -0.2) is 4.79 Å². The Morgan fingerprint density at radius 2 is 2.04 bits per heavy atom. The van der Waals surface area contributed by atoms with Gasteiger partial charge in [-0.15, -0.1) is 0 Å². The molecule has 1 unspecified atom stereocenters. The molecule has 0 bridgehead atoms. The summed E-state index contributed by atoms with van der Waals surface area (Å²) in [6, 6.07) is 6.09. The third-order valence-corrected chi connectivity index (χ3v) is 3.37. The molecule has 1 N–H and O–H groups in total. The highest BCUT2D eigenvalue weighted by atomic mass is 19.3. The molecule has 1 aromatic rings. The smallest absolute Gasteiger partial charge is 0.410 e. The number of para-hydroxylation sites is 1. The van der Waals surface area contributed by atoms with E-state index in [-0.39, 0.29) is 5.75 Å². The van der Waals surface area contributed by atoms with Crippen LogP contribution < -0.4 is 10.1 Å². The highest BCUT2D eigenvalue weighted by molar-refractivity contribution is 5.69. The van der Waals surface area contributed by atoms with Crippen molar-refractivity contribution in [2.45, 2.75) is 39.0 Å². The van der Waals surface area contributed by atoms with Crippen molar-refractivity contribution in [3.63, 3.8) is 0 Å². The van der Waals surface area contributed by atoms with Crippen LogP contribution in [0.25, 0.3) is 0 Å². The van der Waals surface area contributed by atoms with Gasteiger partial charge in [-0.05, 0) is 26.8 Å². The minimum Gasteiger partial charge on any atom is -0.444 e. The number of piperazine rings is 1. The van der Waals surface area contributed by atoms with E-state index in [1.165, 1.54) is 6.07 Å². The summed E-state index contributed by atoms with van der Waals surface area (Å²) >= 11 is 0. The molecule has 1 heterocycles. The Bertz CT molecular complexity index is 546. The van der Waals surface area contributed by atoms with Gasteiger partial charge in [0.25, 0.3) is 0 Å². The number of hydrogen-bond donors (Lipinski definition) is 1. The molecule has 1 amide bonds. The van der Waals surface area contributed by atoms with Crippen molar-refractivity contribution < 1.29 is 23.0 Å². The van der Waals surface area contributed by atoms with E-state index in [4.69, 9.17) is 4.74 Å². The van der Waals surface area contributed by atoms with Gasteiger partial charge in [0.2, 0.25) is 0 Å². The van der Waals surface area contributed by atoms with Gasteiger partial charge in [-0.1, -0.05) is 18.2 Å². The summed E-state index contributed by atoms with van der Waals surface area (Å²) in [4.78, 5) is 14.0.